The molecule has 0 aromatic heterocycles. The fraction of sp³-hybridized carbons (Fsp3) is 0.714. The van der Waals surface area contributed by atoms with Gasteiger partial charge in [-0.1, -0.05) is 0 Å². The van der Waals surface area contributed by atoms with Crippen LogP contribution in [0.25, 0.3) is 5.32 Å². The van der Waals surface area contributed by atoms with E-state index in [1.54, 1.807) is 14.0 Å². The van der Waals surface area contributed by atoms with Crippen LogP contribution in [-0.4, -0.2) is 38.5 Å². The van der Waals surface area contributed by atoms with Crippen molar-refractivity contribution in [2.24, 2.45) is 0 Å². The van der Waals surface area contributed by atoms with E-state index in [2.05, 4.69) is 5.32 Å². The maximum Gasteiger partial charge on any atom is 3.00 e. The van der Waals surface area contributed by atoms with E-state index < -0.39 is 5.81 Å². The third kappa shape index (κ3) is 10.2. The Morgan fingerprint density at radius 2 is 2.08 bits per heavy atom. The first-order valence-corrected chi connectivity index (χ1v) is 3.65. The second kappa shape index (κ2) is 8.85. The molecule has 67 valence electrons. The van der Waals surface area contributed by atoms with Crippen LogP contribution in [0.1, 0.15) is 13.8 Å². The summed E-state index contributed by atoms with van der Waals surface area (Å²) in [6, 6.07) is 0. The van der Waals surface area contributed by atoms with E-state index in [0.29, 0.717) is 6.54 Å². The van der Waals surface area contributed by atoms with Crippen LogP contribution in [0.15, 0.2) is 0 Å². The molecule has 1 unspecified atom stereocenters. The Bertz CT molecular complexity index is 177. The summed E-state index contributed by atoms with van der Waals surface area (Å²) in [6.07, 6.45) is -0.0886. The molecule has 0 bridgehead atoms. The van der Waals surface area contributed by atoms with Crippen LogP contribution in [0.4, 0.5) is 4.79 Å². The van der Waals surface area contributed by atoms with Crippen LogP contribution in [-0.2, 0) is 42.2 Å². The van der Waals surface area contributed by atoms with Crippen molar-refractivity contribution < 1.29 is 47.0 Å². The number of carbonyl (C=O) groups is 2. The van der Waals surface area contributed by atoms with Crippen molar-refractivity contribution in [2.45, 2.75) is 20.0 Å². The Morgan fingerprint density at radius 1 is 1.54 bits per heavy atom. The maximum atomic E-state index is 10.8. The largest absolute Gasteiger partial charge is 3.00 e. The zero-order valence-electron chi connectivity index (χ0n) is 8.11. The molecule has 1 amide bonds. The first-order chi connectivity index (χ1) is 5.56. The molecule has 0 saturated carbocycles. The first-order valence-electron chi connectivity index (χ1n) is 3.65. The quantitative estimate of drug-likeness (QED) is 0.684. The minimum absolute atomic E-state index is 0. The topological polar surface area (TPSA) is 57.5 Å². The van der Waals surface area contributed by atoms with Crippen LogP contribution < -0.4 is 0 Å². The SMILES string of the molecule is COC(C)C[N-]C(=O)[B]C(C)=O.[Y+3]. The molecule has 0 rings (SSSR count). The van der Waals surface area contributed by atoms with Crippen LogP contribution in [0.2, 0.25) is 0 Å². The molecule has 0 fully saturated rings. The third-order valence-electron chi connectivity index (χ3n) is 1.23. The van der Waals surface area contributed by atoms with Gasteiger partial charge in [-0.05, 0) is 13.8 Å². The van der Waals surface area contributed by atoms with Gasteiger partial charge in [0.1, 0.15) is 0 Å². The van der Waals surface area contributed by atoms with Gasteiger partial charge in [0.25, 0.3) is 7.28 Å². The van der Waals surface area contributed by atoms with Crippen LogP contribution in [0.5, 0.6) is 0 Å². The normalized spacial score (nSPS) is 11.0. The van der Waals surface area contributed by atoms with Crippen LogP contribution >= 0.6 is 0 Å². The molecule has 0 spiro atoms. The van der Waals surface area contributed by atoms with Gasteiger partial charge in [0.2, 0.25) is 0 Å². The molecular weight excluding hydrogens is 246 g/mol. The standard InChI is InChI=1S/C7H13BNO3.Y/c1-5(12-3)4-9-7(11)8-6(2)10;/h5H,4H2,1-3H3,(H,9,11);/q;+3/p-1. The number of amides is 1. The smallest absolute Gasteiger partial charge is 0.660 e. The Balaban J connectivity index is 0. The van der Waals surface area contributed by atoms with E-state index >= 15 is 0 Å². The summed E-state index contributed by atoms with van der Waals surface area (Å²) in [5.74, 6) is -0.494. The monoisotopic (exact) mass is 258 g/mol. The van der Waals surface area contributed by atoms with Gasteiger partial charge in [0, 0.05) is 19.0 Å². The van der Waals surface area contributed by atoms with Gasteiger partial charge in [-0.2, -0.15) is 0 Å². The molecule has 1 radical (unpaired) electrons. The Labute approximate surface area is 104 Å². The fourth-order valence-corrected chi connectivity index (χ4v) is 0.513. The molecule has 13 heavy (non-hydrogen) atoms. The molecule has 0 aliphatic carbocycles. The van der Waals surface area contributed by atoms with Gasteiger partial charge < -0.3 is 19.6 Å². The van der Waals surface area contributed by atoms with Crippen molar-refractivity contribution in [2.75, 3.05) is 13.7 Å². The van der Waals surface area contributed by atoms with Gasteiger partial charge in [-0.3, -0.25) is 0 Å². The van der Waals surface area contributed by atoms with Crippen LogP contribution in [0, 0.1) is 0 Å². The average molecular weight is 258 g/mol. The summed E-state index contributed by atoms with van der Waals surface area (Å²) in [5.41, 5.74) is -0.284. The molecular formula is C7H12BNO3Y+2. The number of nitrogens with zero attached hydrogens (tertiary/aromatic N) is 1. The fourth-order valence-electron chi connectivity index (χ4n) is 0.513. The van der Waals surface area contributed by atoms with E-state index in [0.717, 1.165) is 7.28 Å². The van der Waals surface area contributed by atoms with Gasteiger partial charge >= 0.3 is 32.7 Å². The zero-order valence-corrected chi connectivity index (χ0v) is 10.9. The number of ether oxygens (including phenoxy) is 1. The van der Waals surface area contributed by atoms with Crippen molar-refractivity contribution in [1.82, 2.24) is 0 Å². The number of carbonyl (C=O) groups excluding carboxylic acids is 2. The Kier molecular flexibility index (Phi) is 10.7. The third-order valence-corrected chi connectivity index (χ3v) is 1.23. The van der Waals surface area contributed by atoms with Gasteiger partial charge in [0.05, 0.1) is 5.68 Å². The van der Waals surface area contributed by atoms with E-state index in [1.165, 1.54) is 6.92 Å². The molecule has 1 atom stereocenters. The summed E-state index contributed by atoms with van der Waals surface area (Å²) < 4.78 is 4.86. The van der Waals surface area contributed by atoms with Gasteiger partial charge in [-0.25, -0.2) is 0 Å². The second-order valence-corrected chi connectivity index (χ2v) is 2.48. The van der Waals surface area contributed by atoms with Crippen molar-refractivity contribution in [3.8, 4) is 0 Å². The van der Waals surface area contributed by atoms with E-state index in [9.17, 15) is 9.59 Å². The molecule has 6 heteroatoms. The number of methoxy groups -OCH3 is 1. The minimum atomic E-state index is -0.494. The molecule has 0 aromatic rings. The van der Waals surface area contributed by atoms with Gasteiger partial charge in [-0.15, -0.1) is 6.54 Å². The van der Waals surface area contributed by atoms with E-state index in [4.69, 9.17) is 4.74 Å². The zero-order chi connectivity index (χ0) is 9.56. The molecule has 0 aliphatic rings. The predicted octanol–water partition coefficient (Wildman–Crippen LogP) is 0.763. The summed E-state index contributed by atoms with van der Waals surface area (Å²) in [6.45, 7) is 3.40. The van der Waals surface area contributed by atoms with Crippen LogP contribution in [0.3, 0.4) is 0 Å². The maximum absolute atomic E-state index is 10.8. The van der Waals surface area contributed by atoms with Crippen molar-refractivity contribution >= 4 is 18.8 Å². The van der Waals surface area contributed by atoms with Crippen molar-refractivity contribution in [3.05, 3.63) is 5.32 Å². The molecule has 0 aliphatic heterocycles. The summed E-state index contributed by atoms with van der Waals surface area (Å²) in [5, 5.41) is 3.59. The van der Waals surface area contributed by atoms with E-state index in [1.807, 2.05) is 0 Å². The number of hydrogen-bond donors (Lipinski definition) is 0. The van der Waals surface area contributed by atoms with Gasteiger partial charge in [0.15, 0.2) is 0 Å². The Hall–Kier alpha value is 0.269. The molecule has 0 N–H and O–H groups in total. The predicted molar refractivity (Wildman–Crippen MR) is 46.5 cm³/mol. The summed E-state index contributed by atoms with van der Waals surface area (Å²) in [4.78, 5) is 21.2. The molecule has 0 heterocycles. The average Bonchev–Trinajstić information content (AvgIpc) is 1.99. The second-order valence-electron chi connectivity index (χ2n) is 2.48. The van der Waals surface area contributed by atoms with E-state index in [-0.39, 0.29) is 44.5 Å². The summed E-state index contributed by atoms with van der Waals surface area (Å²) in [7, 11) is 2.50. The molecule has 4 nitrogen and oxygen atoms in total. The summed E-state index contributed by atoms with van der Waals surface area (Å²) >= 11 is 0. The molecule has 0 aromatic carbocycles. The number of hydrogen-bond acceptors (Lipinski definition) is 3. The minimum Gasteiger partial charge on any atom is -0.660 e. The first kappa shape index (κ1) is 15.7. The Morgan fingerprint density at radius 3 is 2.46 bits per heavy atom. The molecule has 0 saturated heterocycles. The number of rotatable bonds is 5. The van der Waals surface area contributed by atoms with Crippen molar-refractivity contribution in [1.29, 1.82) is 0 Å². The van der Waals surface area contributed by atoms with Crippen molar-refractivity contribution in [3.63, 3.8) is 0 Å².